The predicted molar refractivity (Wildman–Crippen MR) is 66.3 cm³/mol. The quantitative estimate of drug-likeness (QED) is 0.806. The topological polar surface area (TPSA) is 50.4 Å². The first-order valence-electron chi connectivity index (χ1n) is 6.25. The molecule has 2 rings (SSSR count). The van der Waals surface area contributed by atoms with Gasteiger partial charge in [0, 0.05) is 13.1 Å². The van der Waals surface area contributed by atoms with Crippen molar-refractivity contribution in [3.63, 3.8) is 0 Å². The Balaban J connectivity index is 1.70. The lowest BCUT2D eigenvalue weighted by Crippen LogP contribution is -2.51. The van der Waals surface area contributed by atoms with Crippen molar-refractivity contribution in [1.29, 1.82) is 0 Å². The summed E-state index contributed by atoms with van der Waals surface area (Å²) >= 11 is 0. The number of rotatable bonds is 5. The van der Waals surface area contributed by atoms with Gasteiger partial charge in [-0.25, -0.2) is 0 Å². The van der Waals surface area contributed by atoms with E-state index in [0.29, 0.717) is 25.4 Å². The summed E-state index contributed by atoms with van der Waals surface area (Å²) < 4.78 is 42.3. The molecular weight excluding hydrogens is 273 g/mol. The third-order valence-electron chi connectivity index (χ3n) is 3.00. The van der Waals surface area contributed by atoms with E-state index in [0.717, 1.165) is 12.1 Å². The number of carbonyl (C=O) groups is 1. The molecule has 1 aliphatic rings. The maximum atomic E-state index is 12.3. The molecule has 0 aliphatic carbocycles. The second-order valence-electron chi connectivity index (χ2n) is 4.52. The van der Waals surface area contributed by atoms with Gasteiger partial charge in [-0.3, -0.25) is 4.79 Å². The van der Waals surface area contributed by atoms with Crippen LogP contribution in [0.1, 0.15) is 5.56 Å². The van der Waals surface area contributed by atoms with Crippen LogP contribution in [0, 0.1) is 5.92 Å². The molecule has 7 heteroatoms. The number of hydrogen-bond donors (Lipinski definition) is 2. The predicted octanol–water partition coefficient (Wildman–Crippen LogP) is 1.42. The van der Waals surface area contributed by atoms with Crippen LogP contribution >= 0.6 is 0 Å². The Hall–Kier alpha value is -1.76. The van der Waals surface area contributed by atoms with Crippen LogP contribution in [0.5, 0.6) is 5.75 Å². The summed E-state index contributed by atoms with van der Waals surface area (Å²) in [7, 11) is 0. The summed E-state index contributed by atoms with van der Waals surface area (Å²) in [5.74, 6) is 0.332. The molecule has 1 saturated heterocycles. The fourth-order valence-electron chi connectivity index (χ4n) is 1.70. The van der Waals surface area contributed by atoms with E-state index in [-0.39, 0.29) is 18.4 Å². The average Bonchev–Trinajstić information content (AvgIpc) is 2.32. The summed E-state index contributed by atoms with van der Waals surface area (Å²) in [5.41, 5.74) is -0.712. The van der Waals surface area contributed by atoms with E-state index in [1.54, 1.807) is 0 Å². The highest BCUT2D eigenvalue weighted by Crippen LogP contribution is 2.30. The molecule has 0 spiro atoms. The van der Waals surface area contributed by atoms with Crippen molar-refractivity contribution in [2.45, 2.75) is 6.18 Å². The lowest BCUT2D eigenvalue weighted by atomic mass is 10.0. The third-order valence-corrected chi connectivity index (χ3v) is 3.00. The first-order chi connectivity index (χ1) is 9.47. The molecule has 0 radical (unpaired) electrons. The Morgan fingerprint density at radius 3 is 2.45 bits per heavy atom. The molecule has 1 aromatic rings. The largest absolute Gasteiger partial charge is 0.492 e. The van der Waals surface area contributed by atoms with Gasteiger partial charge in [0.15, 0.2) is 0 Å². The van der Waals surface area contributed by atoms with E-state index in [4.69, 9.17) is 4.74 Å². The van der Waals surface area contributed by atoms with Crippen molar-refractivity contribution < 1.29 is 22.7 Å². The smallest absolute Gasteiger partial charge is 0.416 e. The molecular formula is C13H15F3N2O2. The van der Waals surface area contributed by atoms with Crippen LogP contribution in [0.15, 0.2) is 24.3 Å². The highest BCUT2D eigenvalue weighted by Gasteiger charge is 2.30. The maximum absolute atomic E-state index is 12.3. The van der Waals surface area contributed by atoms with Gasteiger partial charge in [-0.1, -0.05) is 0 Å². The summed E-state index contributed by atoms with van der Waals surface area (Å²) in [5, 5.41) is 5.70. The molecule has 110 valence electrons. The second kappa shape index (κ2) is 6.13. The number of nitrogens with one attached hydrogen (secondary N) is 2. The Kier molecular flexibility index (Phi) is 4.49. The van der Waals surface area contributed by atoms with Crippen LogP contribution in [0.4, 0.5) is 13.2 Å². The Morgan fingerprint density at radius 1 is 1.30 bits per heavy atom. The zero-order chi connectivity index (χ0) is 14.6. The number of hydrogen-bond acceptors (Lipinski definition) is 3. The van der Waals surface area contributed by atoms with Crippen LogP contribution in [0.2, 0.25) is 0 Å². The summed E-state index contributed by atoms with van der Waals surface area (Å²) in [4.78, 5) is 11.5. The average molecular weight is 288 g/mol. The SMILES string of the molecule is O=C(NCCOc1ccc(C(F)(F)F)cc1)C1CNC1. The Morgan fingerprint density at radius 2 is 1.95 bits per heavy atom. The zero-order valence-corrected chi connectivity index (χ0v) is 10.7. The number of halogens is 3. The van der Waals surface area contributed by atoms with E-state index >= 15 is 0 Å². The lowest BCUT2D eigenvalue weighted by Gasteiger charge is -2.25. The Labute approximate surface area is 114 Å². The van der Waals surface area contributed by atoms with E-state index in [1.807, 2.05) is 0 Å². The molecule has 20 heavy (non-hydrogen) atoms. The highest BCUT2D eigenvalue weighted by atomic mass is 19.4. The molecule has 1 amide bonds. The molecule has 4 nitrogen and oxygen atoms in total. The molecule has 0 saturated carbocycles. The van der Waals surface area contributed by atoms with Crippen LogP contribution < -0.4 is 15.4 Å². The number of carbonyl (C=O) groups excluding carboxylic acids is 1. The fourth-order valence-corrected chi connectivity index (χ4v) is 1.70. The van der Waals surface area contributed by atoms with Gasteiger partial charge in [-0.2, -0.15) is 13.2 Å². The molecule has 2 N–H and O–H groups in total. The van der Waals surface area contributed by atoms with Crippen LogP contribution in [0.3, 0.4) is 0 Å². The van der Waals surface area contributed by atoms with Gasteiger partial charge in [0.05, 0.1) is 18.0 Å². The minimum Gasteiger partial charge on any atom is -0.492 e. The zero-order valence-electron chi connectivity index (χ0n) is 10.7. The van der Waals surface area contributed by atoms with Crippen molar-refractivity contribution in [1.82, 2.24) is 10.6 Å². The third kappa shape index (κ3) is 3.86. The van der Waals surface area contributed by atoms with Crippen LogP contribution in [0.25, 0.3) is 0 Å². The van der Waals surface area contributed by atoms with Crippen molar-refractivity contribution in [3.8, 4) is 5.75 Å². The van der Waals surface area contributed by atoms with Gasteiger partial charge in [0.25, 0.3) is 0 Å². The van der Waals surface area contributed by atoms with Crippen molar-refractivity contribution in [2.75, 3.05) is 26.2 Å². The normalized spacial score (nSPS) is 15.6. The molecule has 0 atom stereocenters. The summed E-state index contributed by atoms with van der Waals surface area (Å²) in [6.07, 6.45) is -4.34. The van der Waals surface area contributed by atoms with E-state index < -0.39 is 11.7 Å². The number of benzene rings is 1. The van der Waals surface area contributed by atoms with Gasteiger partial charge in [0.2, 0.25) is 5.91 Å². The molecule has 0 unspecified atom stereocenters. The van der Waals surface area contributed by atoms with Gasteiger partial charge >= 0.3 is 6.18 Å². The molecule has 1 fully saturated rings. The van der Waals surface area contributed by atoms with E-state index in [2.05, 4.69) is 10.6 Å². The van der Waals surface area contributed by atoms with Gasteiger partial charge < -0.3 is 15.4 Å². The molecule has 0 bridgehead atoms. The fraction of sp³-hybridized carbons (Fsp3) is 0.462. The molecule has 1 aliphatic heterocycles. The van der Waals surface area contributed by atoms with Crippen molar-refractivity contribution in [3.05, 3.63) is 29.8 Å². The summed E-state index contributed by atoms with van der Waals surface area (Å²) in [6.45, 7) is 1.92. The lowest BCUT2D eigenvalue weighted by molar-refractivity contribution is -0.137. The van der Waals surface area contributed by atoms with Gasteiger partial charge in [-0.15, -0.1) is 0 Å². The first kappa shape index (κ1) is 14.6. The Bertz CT molecular complexity index is 456. The minimum absolute atomic E-state index is 0.0149. The number of alkyl halides is 3. The standard InChI is InChI=1S/C13H15F3N2O2/c14-13(15,16)10-1-3-11(4-2-10)20-6-5-18-12(19)9-7-17-8-9/h1-4,9,17H,5-8H2,(H,18,19). The minimum atomic E-state index is -4.34. The van der Waals surface area contributed by atoms with Crippen LogP contribution in [-0.2, 0) is 11.0 Å². The molecule has 0 aromatic heterocycles. The van der Waals surface area contributed by atoms with E-state index in [9.17, 15) is 18.0 Å². The number of amides is 1. The summed E-state index contributed by atoms with van der Waals surface area (Å²) in [6, 6.07) is 4.46. The van der Waals surface area contributed by atoms with Crippen molar-refractivity contribution >= 4 is 5.91 Å². The first-order valence-corrected chi connectivity index (χ1v) is 6.25. The monoisotopic (exact) mass is 288 g/mol. The van der Waals surface area contributed by atoms with Crippen molar-refractivity contribution in [2.24, 2.45) is 5.92 Å². The highest BCUT2D eigenvalue weighted by molar-refractivity contribution is 5.79. The molecule has 1 heterocycles. The maximum Gasteiger partial charge on any atom is 0.416 e. The van der Waals surface area contributed by atoms with Gasteiger partial charge in [0.1, 0.15) is 12.4 Å². The van der Waals surface area contributed by atoms with Crippen LogP contribution in [-0.4, -0.2) is 32.1 Å². The number of ether oxygens (including phenoxy) is 1. The second-order valence-corrected chi connectivity index (χ2v) is 4.52. The molecule has 1 aromatic carbocycles. The van der Waals surface area contributed by atoms with E-state index in [1.165, 1.54) is 12.1 Å². The van der Waals surface area contributed by atoms with Gasteiger partial charge in [-0.05, 0) is 24.3 Å².